The van der Waals surface area contributed by atoms with Gasteiger partial charge in [-0.25, -0.2) is 0 Å². The lowest BCUT2D eigenvalue weighted by Crippen LogP contribution is -2.35. The van der Waals surface area contributed by atoms with Gasteiger partial charge in [0.2, 0.25) is 0 Å². The first-order chi connectivity index (χ1) is 7.20. The molecule has 1 aromatic rings. The van der Waals surface area contributed by atoms with Gasteiger partial charge in [0.25, 0.3) is 0 Å². The Morgan fingerprint density at radius 3 is 2.93 bits per heavy atom. The molecule has 2 rings (SSSR count). The molecule has 0 bridgehead atoms. The Balaban J connectivity index is 2.23. The molecular weight excluding hydrogens is 190 g/mol. The van der Waals surface area contributed by atoms with Gasteiger partial charge >= 0.3 is 0 Å². The van der Waals surface area contributed by atoms with Crippen molar-refractivity contribution in [2.45, 2.75) is 19.9 Å². The minimum atomic E-state index is 0.379. The summed E-state index contributed by atoms with van der Waals surface area (Å²) in [5.74, 6) is 2.33. The smallest absolute Gasteiger partial charge is 0.142 e. The quantitative estimate of drug-likeness (QED) is 0.808. The second-order valence-corrected chi connectivity index (χ2v) is 4.17. The third-order valence-corrected chi connectivity index (χ3v) is 2.75. The van der Waals surface area contributed by atoms with E-state index in [0.29, 0.717) is 12.0 Å². The van der Waals surface area contributed by atoms with Crippen molar-refractivity contribution in [2.24, 2.45) is 5.92 Å². The zero-order valence-corrected chi connectivity index (χ0v) is 9.41. The molecule has 1 heterocycles. The predicted molar refractivity (Wildman–Crippen MR) is 60.7 cm³/mol. The summed E-state index contributed by atoms with van der Waals surface area (Å²) in [6.45, 7) is 5.11. The molecule has 3 heteroatoms. The third kappa shape index (κ3) is 2.01. The van der Waals surface area contributed by atoms with Gasteiger partial charge in [0.15, 0.2) is 0 Å². The van der Waals surface area contributed by atoms with Gasteiger partial charge < -0.3 is 14.8 Å². The Morgan fingerprint density at radius 1 is 1.47 bits per heavy atom. The maximum atomic E-state index is 5.68. The van der Waals surface area contributed by atoms with Crippen LogP contribution in [0.5, 0.6) is 11.5 Å². The zero-order valence-electron chi connectivity index (χ0n) is 9.41. The van der Waals surface area contributed by atoms with E-state index in [9.17, 15) is 0 Å². The second kappa shape index (κ2) is 4.01. The number of methoxy groups -OCH3 is 1. The summed E-state index contributed by atoms with van der Waals surface area (Å²) in [6.07, 6.45) is 0. The SMILES string of the molecule is COc1ccc2c(c1)NC(C(C)C)CO2. The van der Waals surface area contributed by atoms with Gasteiger partial charge in [-0.3, -0.25) is 0 Å². The number of hydrogen-bond acceptors (Lipinski definition) is 3. The van der Waals surface area contributed by atoms with Crippen LogP contribution < -0.4 is 14.8 Å². The van der Waals surface area contributed by atoms with Crippen molar-refractivity contribution in [3.05, 3.63) is 18.2 Å². The summed E-state index contributed by atoms with van der Waals surface area (Å²) in [4.78, 5) is 0. The highest BCUT2D eigenvalue weighted by Crippen LogP contribution is 2.33. The molecule has 0 amide bonds. The van der Waals surface area contributed by atoms with Crippen LogP contribution in [0, 0.1) is 5.92 Å². The van der Waals surface area contributed by atoms with E-state index in [1.807, 2.05) is 18.2 Å². The topological polar surface area (TPSA) is 30.5 Å². The van der Waals surface area contributed by atoms with E-state index in [1.54, 1.807) is 7.11 Å². The molecule has 0 aliphatic carbocycles. The molecule has 82 valence electrons. The number of hydrogen-bond donors (Lipinski definition) is 1. The highest BCUT2D eigenvalue weighted by atomic mass is 16.5. The maximum Gasteiger partial charge on any atom is 0.142 e. The molecule has 1 aromatic carbocycles. The number of rotatable bonds is 2. The molecule has 0 radical (unpaired) electrons. The Kier molecular flexibility index (Phi) is 2.71. The van der Waals surface area contributed by atoms with Gasteiger partial charge in [-0.2, -0.15) is 0 Å². The van der Waals surface area contributed by atoms with E-state index in [0.717, 1.165) is 23.8 Å². The van der Waals surface area contributed by atoms with Crippen molar-refractivity contribution in [3.63, 3.8) is 0 Å². The number of nitrogens with one attached hydrogen (secondary N) is 1. The van der Waals surface area contributed by atoms with Gasteiger partial charge in [-0.1, -0.05) is 13.8 Å². The fourth-order valence-electron chi connectivity index (χ4n) is 1.65. The van der Waals surface area contributed by atoms with Crippen LogP contribution in [0.1, 0.15) is 13.8 Å². The Bertz CT molecular complexity index is 349. The van der Waals surface area contributed by atoms with Crippen molar-refractivity contribution in [2.75, 3.05) is 19.0 Å². The number of benzene rings is 1. The molecule has 15 heavy (non-hydrogen) atoms. The zero-order chi connectivity index (χ0) is 10.8. The maximum absolute atomic E-state index is 5.68. The van der Waals surface area contributed by atoms with Gasteiger partial charge in [0.05, 0.1) is 18.8 Å². The standard InChI is InChI=1S/C12H17NO2/c1-8(2)11-7-15-12-5-4-9(14-3)6-10(12)13-11/h4-6,8,11,13H,7H2,1-3H3. The summed E-state index contributed by atoms with van der Waals surface area (Å²) in [7, 11) is 1.67. The fraction of sp³-hybridized carbons (Fsp3) is 0.500. The van der Waals surface area contributed by atoms with Crippen LogP contribution in [0.4, 0.5) is 5.69 Å². The second-order valence-electron chi connectivity index (χ2n) is 4.17. The van der Waals surface area contributed by atoms with Gasteiger partial charge in [-0.15, -0.1) is 0 Å². The Labute approximate surface area is 90.4 Å². The highest BCUT2D eigenvalue weighted by molar-refractivity contribution is 5.61. The summed E-state index contributed by atoms with van der Waals surface area (Å²) in [6, 6.07) is 6.21. The van der Waals surface area contributed by atoms with E-state index in [2.05, 4.69) is 19.2 Å². The predicted octanol–water partition coefficient (Wildman–Crippen LogP) is 2.52. The molecule has 1 aliphatic heterocycles. The van der Waals surface area contributed by atoms with Crippen LogP contribution in [0.25, 0.3) is 0 Å². The first kappa shape index (κ1) is 10.1. The fourth-order valence-corrected chi connectivity index (χ4v) is 1.65. The minimum absolute atomic E-state index is 0.379. The van der Waals surface area contributed by atoms with Crippen LogP contribution in [0.3, 0.4) is 0 Å². The van der Waals surface area contributed by atoms with Crippen LogP contribution >= 0.6 is 0 Å². The molecule has 1 N–H and O–H groups in total. The number of anilines is 1. The van der Waals surface area contributed by atoms with Gasteiger partial charge in [-0.05, 0) is 18.1 Å². The van der Waals surface area contributed by atoms with Crippen LogP contribution in [-0.2, 0) is 0 Å². The van der Waals surface area contributed by atoms with E-state index in [-0.39, 0.29) is 0 Å². The number of ether oxygens (including phenoxy) is 2. The molecule has 0 saturated carbocycles. The summed E-state index contributed by atoms with van der Waals surface area (Å²) >= 11 is 0. The monoisotopic (exact) mass is 207 g/mol. The molecule has 0 fully saturated rings. The average Bonchev–Trinajstić information content (AvgIpc) is 2.27. The van der Waals surface area contributed by atoms with Crippen LogP contribution in [-0.4, -0.2) is 19.8 Å². The minimum Gasteiger partial charge on any atom is -0.497 e. The first-order valence-electron chi connectivity index (χ1n) is 5.28. The normalized spacial score (nSPS) is 19.1. The van der Waals surface area contributed by atoms with Crippen LogP contribution in [0.2, 0.25) is 0 Å². The van der Waals surface area contributed by atoms with E-state index in [4.69, 9.17) is 9.47 Å². The molecule has 0 spiro atoms. The lowest BCUT2D eigenvalue weighted by molar-refractivity contribution is 0.257. The number of fused-ring (bicyclic) bond motifs is 1. The molecule has 0 saturated heterocycles. The van der Waals surface area contributed by atoms with Crippen molar-refractivity contribution >= 4 is 5.69 Å². The Morgan fingerprint density at radius 2 is 2.27 bits per heavy atom. The van der Waals surface area contributed by atoms with Gasteiger partial charge in [0.1, 0.15) is 18.1 Å². The first-order valence-corrected chi connectivity index (χ1v) is 5.28. The van der Waals surface area contributed by atoms with Gasteiger partial charge in [0, 0.05) is 6.07 Å². The molecular formula is C12H17NO2. The van der Waals surface area contributed by atoms with Crippen molar-refractivity contribution in [1.29, 1.82) is 0 Å². The van der Waals surface area contributed by atoms with E-state index >= 15 is 0 Å². The lowest BCUT2D eigenvalue weighted by atomic mass is 10.0. The van der Waals surface area contributed by atoms with E-state index in [1.165, 1.54) is 0 Å². The molecule has 1 aliphatic rings. The highest BCUT2D eigenvalue weighted by Gasteiger charge is 2.21. The summed E-state index contributed by atoms with van der Waals surface area (Å²) < 4.78 is 10.9. The molecule has 3 nitrogen and oxygen atoms in total. The average molecular weight is 207 g/mol. The molecule has 1 unspecified atom stereocenters. The lowest BCUT2D eigenvalue weighted by Gasteiger charge is -2.30. The van der Waals surface area contributed by atoms with Crippen molar-refractivity contribution < 1.29 is 9.47 Å². The largest absolute Gasteiger partial charge is 0.497 e. The third-order valence-electron chi connectivity index (χ3n) is 2.75. The van der Waals surface area contributed by atoms with Crippen molar-refractivity contribution in [3.8, 4) is 11.5 Å². The Hall–Kier alpha value is -1.38. The summed E-state index contributed by atoms with van der Waals surface area (Å²) in [5, 5.41) is 3.47. The van der Waals surface area contributed by atoms with Crippen LogP contribution in [0.15, 0.2) is 18.2 Å². The summed E-state index contributed by atoms with van der Waals surface area (Å²) in [5.41, 5.74) is 1.03. The molecule has 1 atom stereocenters. The molecule has 0 aromatic heterocycles. The van der Waals surface area contributed by atoms with E-state index < -0.39 is 0 Å². The van der Waals surface area contributed by atoms with Crippen molar-refractivity contribution in [1.82, 2.24) is 0 Å².